The van der Waals surface area contributed by atoms with E-state index in [2.05, 4.69) is 48.2 Å². The van der Waals surface area contributed by atoms with E-state index in [1.54, 1.807) is 7.11 Å². The summed E-state index contributed by atoms with van der Waals surface area (Å²) in [6, 6.07) is 0. The predicted molar refractivity (Wildman–Crippen MR) is 115 cm³/mol. The third-order valence-electron chi connectivity index (χ3n) is 4.58. The standard InChI is InChI=1S/C18H38N4O.HI/c1-6-19-17(21-15-18(3,4)23-5)20-11-7-8-12-22-13-9-16(2)10-14-22;/h16H,6-15H2,1-5H3,(H2,19,20,21);1H. The molecule has 1 aliphatic rings. The van der Waals surface area contributed by atoms with Crippen molar-refractivity contribution in [2.24, 2.45) is 10.9 Å². The van der Waals surface area contributed by atoms with Crippen LogP contribution in [0.5, 0.6) is 0 Å². The second kappa shape index (κ2) is 13.2. The van der Waals surface area contributed by atoms with E-state index < -0.39 is 0 Å². The van der Waals surface area contributed by atoms with Crippen LogP contribution in [0.25, 0.3) is 0 Å². The SMILES string of the molecule is CCNC(=NCC(C)(C)OC)NCCCCN1CCC(C)CC1.I. The largest absolute Gasteiger partial charge is 0.377 e. The Morgan fingerprint density at radius 3 is 2.46 bits per heavy atom. The fraction of sp³-hybridized carbons (Fsp3) is 0.944. The van der Waals surface area contributed by atoms with Gasteiger partial charge >= 0.3 is 0 Å². The number of nitrogens with zero attached hydrogens (tertiary/aromatic N) is 2. The lowest BCUT2D eigenvalue weighted by atomic mass is 9.99. The topological polar surface area (TPSA) is 48.9 Å². The summed E-state index contributed by atoms with van der Waals surface area (Å²) in [5, 5.41) is 6.72. The van der Waals surface area contributed by atoms with Crippen molar-refractivity contribution in [3.63, 3.8) is 0 Å². The zero-order valence-corrected chi connectivity index (χ0v) is 18.7. The molecule has 0 radical (unpaired) electrons. The first-order chi connectivity index (χ1) is 11.0. The number of hydrogen-bond acceptors (Lipinski definition) is 3. The van der Waals surface area contributed by atoms with Gasteiger partial charge in [0.1, 0.15) is 0 Å². The first kappa shape index (κ1) is 23.9. The van der Waals surface area contributed by atoms with Crippen LogP contribution >= 0.6 is 24.0 Å². The molecule has 1 heterocycles. The van der Waals surface area contributed by atoms with Crippen molar-refractivity contribution in [3.05, 3.63) is 0 Å². The smallest absolute Gasteiger partial charge is 0.191 e. The summed E-state index contributed by atoms with van der Waals surface area (Å²) >= 11 is 0. The maximum atomic E-state index is 5.42. The molecule has 0 saturated carbocycles. The Bertz CT molecular complexity index is 342. The van der Waals surface area contributed by atoms with Crippen molar-refractivity contribution < 1.29 is 4.74 Å². The van der Waals surface area contributed by atoms with Crippen LogP contribution in [0.3, 0.4) is 0 Å². The minimum absolute atomic E-state index is 0. The quantitative estimate of drug-likeness (QED) is 0.243. The van der Waals surface area contributed by atoms with Crippen LogP contribution in [0.2, 0.25) is 0 Å². The molecular formula is C18H39IN4O. The van der Waals surface area contributed by atoms with E-state index in [9.17, 15) is 0 Å². The summed E-state index contributed by atoms with van der Waals surface area (Å²) in [6.07, 6.45) is 5.17. The Hall–Kier alpha value is -0.0800. The lowest BCUT2D eigenvalue weighted by Gasteiger charge is -2.30. The van der Waals surface area contributed by atoms with Crippen LogP contribution in [0.1, 0.15) is 53.4 Å². The van der Waals surface area contributed by atoms with Gasteiger partial charge in [-0.2, -0.15) is 0 Å². The van der Waals surface area contributed by atoms with Gasteiger partial charge in [0.25, 0.3) is 0 Å². The van der Waals surface area contributed by atoms with Crippen molar-refractivity contribution in [1.82, 2.24) is 15.5 Å². The van der Waals surface area contributed by atoms with E-state index in [0.29, 0.717) is 6.54 Å². The number of nitrogens with one attached hydrogen (secondary N) is 2. The molecule has 24 heavy (non-hydrogen) atoms. The number of unbranched alkanes of at least 4 members (excludes halogenated alkanes) is 1. The zero-order chi connectivity index (χ0) is 17.1. The third kappa shape index (κ3) is 10.7. The van der Waals surface area contributed by atoms with Gasteiger partial charge in [-0.15, -0.1) is 24.0 Å². The fourth-order valence-corrected chi connectivity index (χ4v) is 2.63. The first-order valence-corrected chi connectivity index (χ1v) is 9.26. The molecule has 1 saturated heterocycles. The molecule has 1 fully saturated rings. The van der Waals surface area contributed by atoms with Crippen LogP contribution in [0.15, 0.2) is 4.99 Å². The molecule has 0 spiro atoms. The number of rotatable bonds is 9. The second-order valence-electron chi connectivity index (χ2n) is 7.32. The molecule has 0 aromatic heterocycles. The Morgan fingerprint density at radius 2 is 1.88 bits per heavy atom. The zero-order valence-electron chi connectivity index (χ0n) is 16.4. The molecule has 0 unspecified atom stereocenters. The van der Waals surface area contributed by atoms with Crippen molar-refractivity contribution in [2.75, 3.05) is 46.4 Å². The molecule has 1 rings (SSSR count). The van der Waals surface area contributed by atoms with Crippen molar-refractivity contribution >= 4 is 29.9 Å². The lowest BCUT2D eigenvalue weighted by molar-refractivity contribution is 0.0310. The maximum Gasteiger partial charge on any atom is 0.191 e. The van der Waals surface area contributed by atoms with E-state index in [1.165, 1.54) is 45.3 Å². The number of methoxy groups -OCH3 is 1. The second-order valence-corrected chi connectivity index (χ2v) is 7.32. The minimum atomic E-state index is -0.215. The van der Waals surface area contributed by atoms with Gasteiger partial charge in [-0.1, -0.05) is 6.92 Å². The molecule has 2 N–H and O–H groups in total. The predicted octanol–water partition coefficient (Wildman–Crippen LogP) is 3.10. The van der Waals surface area contributed by atoms with Gasteiger partial charge in [0, 0.05) is 20.2 Å². The highest BCUT2D eigenvalue weighted by Gasteiger charge is 2.16. The number of halogens is 1. The van der Waals surface area contributed by atoms with Gasteiger partial charge in [0.2, 0.25) is 0 Å². The molecule has 6 heteroatoms. The summed E-state index contributed by atoms with van der Waals surface area (Å²) < 4.78 is 5.42. The Labute approximate surface area is 166 Å². The summed E-state index contributed by atoms with van der Waals surface area (Å²) in [5.74, 6) is 1.81. The number of piperidine rings is 1. The van der Waals surface area contributed by atoms with Gasteiger partial charge in [0.05, 0.1) is 12.1 Å². The van der Waals surface area contributed by atoms with Crippen molar-refractivity contribution in [3.8, 4) is 0 Å². The van der Waals surface area contributed by atoms with Gasteiger partial charge in [-0.3, -0.25) is 4.99 Å². The molecular weight excluding hydrogens is 415 g/mol. The average molecular weight is 454 g/mol. The molecule has 0 amide bonds. The van der Waals surface area contributed by atoms with E-state index in [1.807, 2.05) is 0 Å². The normalized spacial score (nSPS) is 17.5. The number of likely N-dealkylation sites (tertiary alicyclic amines) is 1. The minimum Gasteiger partial charge on any atom is -0.377 e. The number of aliphatic imine (C=N–C) groups is 1. The number of ether oxygens (including phenoxy) is 1. The maximum absolute atomic E-state index is 5.42. The van der Waals surface area contributed by atoms with Crippen LogP contribution < -0.4 is 10.6 Å². The first-order valence-electron chi connectivity index (χ1n) is 9.26. The van der Waals surface area contributed by atoms with E-state index in [-0.39, 0.29) is 29.6 Å². The van der Waals surface area contributed by atoms with Gasteiger partial charge in [-0.05, 0) is 72.0 Å². The molecule has 0 aromatic rings. The molecule has 0 atom stereocenters. The summed E-state index contributed by atoms with van der Waals surface area (Å²) in [7, 11) is 1.73. The number of hydrogen-bond donors (Lipinski definition) is 2. The monoisotopic (exact) mass is 454 g/mol. The van der Waals surface area contributed by atoms with E-state index in [4.69, 9.17) is 4.74 Å². The highest BCUT2D eigenvalue weighted by Crippen LogP contribution is 2.16. The molecule has 0 aromatic carbocycles. The fourth-order valence-electron chi connectivity index (χ4n) is 2.63. The highest BCUT2D eigenvalue weighted by atomic mass is 127. The van der Waals surface area contributed by atoms with Crippen LogP contribution in [-0.2, 0) is 4.74 Å². The Morgan fingerprint density at radius 1 is 1.21 bits per heavy atom. The van der Waals surface area contributed by atoms with Crippen molar-refractivity contribution in [2.45, 2.75) is 59.0 Å². The molecule has 0 aliphatic carbocycles. The van der Waals surface area contributed by atoms with Crippen LogP contribution in [0.4, 0.5) is 0 Å². The van der Waals surface area contributed by atoms with Crippen LogP contribution in [0, 0.1) is 5.92 Å². The lowest BCUT2D eigenvalue weighted by Crippen LogP contribution is -2.40. The number of guanidine groups is 1. The highest BCUT2D eigenvalue weighted by molar-refractivity contribution is 14.0. The van der Waals surface area contributed by atoms with E-state index in [0.717, 1.165) is 25.0 Å². The Kier molecular flexibility index (Phi) is 13.1. The van der Waals surface area contributed by atoms with Gasteiger partial charge in [-0.25, -0.2) is 0 Å². The average Bonchev–Trinajstić information content (AvgIpc) is 2.54. The molecule has 144 valence electrons. The summed E-state index contributed by atoms with van der Waals surface area (Å²) in [6.45, 7) is 14.9. The van der Waals surface area contributed by atoms with E-state index >= 15 is 0 Å². The Balaban J connectivity index is 0.00000529. The molecule has 5 nitrogen and oxygen atoms in total. The van der Waals surface area contributed by atoms with Crippen molar-refractivity contribution in [1.29, 1.82) is 0 Å². The molecule has 0 bridgehead atoms. The third-order valence-corrected chi connectivity index (χ3v) is 4.58. The van der Waals surface area contributed by atoms with Crippen LogP contribution in [-0.4, -0.2) is 62.8 Å². The summed E-state index contributed by atoms with van der Waals surface area (Å²) in [4.78, 5) is 7.22. The summed E-state index contributed by atoms with van der Waals surface area (Å²) in [5.41, 5.74) is -0.215. The van der Waals surface area contributed by atoms with Gasteiger partial charge in [0.15, 0.2) is 5.96 Å². The molecule has 1 aliphatic heterocycles. The van der Waals surface area contributed by atoms with Gasteiger partial charge < -0.3 is 20.3 Å².